The third-order valence-electron chi connectivity index (χ3n) is 6.03. The van der Waals surface area contributed by atoms with Crippen molar-refractivity contribution in [1.29, 1.82) is 0 Å². The molecule has 0 aromatic heterocycles. The number of hydrogen-bond donors (Lipinski definition) is 1. The molecule has 0 bridgehead atoms. The maximum atomic E-state index is 6.53. The molecule has 1 aliphatic rings. The van der Waals surface area contributed by atoms with E-state index in [0.29, 0.717) is 0 Å². The predicted molar refractivity (Wildman–Crippen MR) is 119 cm³/mol. The van der Waals surface area contributed by atoms with Crippen molar-refractivity contribution in [3.05, 3.63) is 102 Å². The zero-order valence-electron chi connectivity index (χ0n) is 16.2. The van der Waals surface area contributed by atoms with Gasteiger partial charge in [0.05, 0.1) is 0 Å². The van der Waals surface area contributed by atoms with Crippen LogP contribution in [-0.2, 0) is 5.41 Å². The lowest BCUT2D eigenvalue weighted by atomic mass is 9.78. The average molecular weight is 361 g/mol. The second-order valence-corrected chi connectivity index (χ2v) is 8.07. The number of rotatable bonds is 2. The van der Waals surface area contributed by atoms with E-state index in [1.54, 1.807) is 0 Å². The number of hydrogen-bond acceptors (Lipinski definition) is 1. The first-order chi connectivity index (χ1) is 13.6. The van der Waals surface area contributed by atoms with Gasteiger partial charge in [0.1, 0.15) is 0 Å². The monoisotopic (exact) mass is 361 g/mol. The summed E-state index contributed by atoms with van der Waals surface area (Å²) in [5.74, 6) is 0. The largest absolute Gasteiger partial charge is 0.398 e. The normalized spacial score (nSPS) is 13.8. The third kappa shape index (κ3) is 2.40. The van der Waals surface area contributed by atoms with Crippen LogP contribution in [0.15, 0.2) is 91.0 Å². The van der Waals surface area contributed by atoms with Gasteiger partial charge in [-0.3, -0.25) is 0 Å². The van der Waals surface area contributed by atoms with E-state index >= 15 is 0 Å². The first-order valence-electron chi connectivity index (χ1n) is 9.76. The lowest BCUT2D eigenvalue weighted by Crippen LogP contribution is -2.17. The lowest BCUT2D eigenvalue weighted by Gasteiger charge is -2.25. The van der Waals surface area contributed by atoms with E-state index < -0.39 is 0 Å². The molecule has 0 atom stereocenters. The number of anilines is 1. The average Bonchev–Trinajstić information content (AvgIpc) is 2.96. The molecule has 0 heterocycles. The maximum Gasteiger partial charge on any atom is 0.0397 e. The van der Waals surface area contributed by atoms with Crippen molar-refractivity contribution in [3.8, 4) is 33.4 Å². The van der Waals surface area contributed by atoms with Crippen LogP contribution in [-0.4, -0.2) is 0 Å². The number of nitrogen functional groups attached to an aromatic ring is 1. The van der Waals surface area contributed by atoms with E-state index in [9.17, 15) is 0 Å². The molecule has 5 rings (SSSR count). The van der Waals surface area contributed by atoms with Gasteiger partial charge >= 0.3 is 0 Å². The van der Waals surface area contributed by atoms with Crippen molar-refractivity contribution in [2.24, 2.45) is 0 Å². The summed E-state index contributed by atoms with van der Waals surface area (Å²) in [6.45, 7) is 4.61. The number of fused-ring (bicyclic) bond motifs is 3. The molecule has 2 N–H and O–H groups in total. The fourth-order valence-corrected chi connectivity index (χ4v) is 4.66. The van der Waals surface area contributed by atoms with Crippen LogP contribution in [0.3, 0.4) is 0 Å². The van der Waals surface area contributed by atoms with E-state index in [-0.39, 0.29) is 5.41 Å². The first-order valence-corrected chi connectivity index (χ1v) is 9.76. The summed E-state index contributed by atoms with van der Waals surface area (Å²) < 4.78 is 0. The van der Waals surface area contributed by atoms with Gasteiger partial charge in [-0.1, -0.05) is 98.8 Å². The van der Waals surface area contributed by atoms with Crippen molar-refractivity contribution < 1.29 is 0 Å². The smallest absolute Gasteiger partial charge is 0.0397 e. The van der Waals surface area contributed by atoms with Gasteiger partial charge in [0.15, 0.2) is 0 Å². The van der Waals surface area contributed by atoms with Crippen molar-refractivity contribution in [2.75, 3.05) is 5.73 Å². The molecule has 0 radical (unpaired) electrons. The molecule has 1 aliphatic carbocycles. The molecule has 4 aromatic carbocycles. The van der Waals surface area contributed by atoms with Gasteiger partial charge in [0.25, 0.3) is 0 Å². The van der Waals surface area contributed by atoms with Gasteiger partial charge in [0, 0.05) is 16.7 Å². The van der Waals surface area contributed by atoms with E-state index in [0.717, 1.165) is 5.69 Å². The second kappa shape index (κ2) is 6.10. The van der Waals surface area contributed by atoms with Crippen LogP contribution in [0.1, 0.15) is 25.0 Å². The molecule has 0 unspecified atom stereocenters. The van der Waals surface area contributed by atoms with Crippen molar-refractivity contribution >= 4 is 5.69 Å². The highest BCUT2D eigenvalue weighted by molar-refractivity contribution is 5.93. The minimum Gasteiger partial charge on any atom is -0.398 e. The Balaban J connectivity index is 1.69. The van der Waals surface area contributed by atoms with Crippen LogP contribution >= 0.6 is 0 Å². The van der Waals surface area contributed by atoms with Crippen LogP contribution in [0.25, 0.3) is 33.4 Å². The summed E-state index contributed by atoms with van der Waals surface area (Å²) in [6, 6.07) is 32.2. The molecule has 28 heavy (non-hydrogen) atoms. The van der Waals surface area contributed by atoms with Crippen LogP contribution in [0.4, 0.5) is 5.69 Å². The molecular formula is C27H23N. The Morgan fingerprint density at radius 3 is 1.93 bits per heavy atom. The van der Waals surface area contributed by atoms with Gasteiger partial charge in [-0.05, 0) is 45.0 Å². The quantitative estimate of drug-likeness (QED) is 0.386. The van der Waals surface area contributed by atoms with E-state index in [1.165, 1.54) is 44.5 Å². The maximum absolute atomic E-state index is 6.53. The molecule has 0 aliphatic heterocycles. The highest BCUT2D eigenvalue weighted by atomic mass is 14.6. The summed E-state index contributed by atoms with van der Waals surface area (Å²) in [4.78, 5) is 0. The van der Waals surface area contributed by atoms with E-state index in [1.807, 2.05) is 6.07 Å². The predicted octanol–water partition coefficient (Wildman–Crippen LogP) is 6.91. The third-order valence-corrected chi connectivity index (χ3v) is 6.03. The fourth-order valence-electron chi connectivity index (χ4n) is 4.66. The highest BCUT2D eigenvalue weighted by Gasteiger charge is 2.37. The van der Waals surface area contributed by atoms with Crippen molar-refractivity contribution in [1.82, 2.24) is 0 Å². The zero-order chi connectivity index (χ0) is 19.3. The lowest BCUT2D eigenvalue weighted by molar-refractivity contribution is 0.662. The standard InChI is InChI=1S/C27H23N/c1-27(2)23-11-7-6-10-21(23)22-16-17-24(28)25(26(22)27)20-14-12-19(13-15-20)18-8-4-3-5-9-18/h3-17H,28H2,1-2H3. The van der Waals surface area contributed by atoms with Gasteiger partial charge in [-0.2, -0.15) is 0 Å². The Morgan fingerprint density at radius 1 is 0.571 bits per heavy atom. The molecule has 0 saturated heterocycles. The SMILES string of the molecule is CC1(C)c2ccccc2-c2ccc(N)c(-c3ccc(-c4ccccc4)cc3)c21. The molecule has 1 heteroatoms. The summed E-state index contributed by atoms with van der Waals surface area (Å²) in [5, 5.41) is 0. The Bertz CT molecular complexity index is 1170. The Labute approximate surface area is 166 Å². The fraction of sp³-hybridized carbons (Fsp3) is 0.111. The van der Waals surface area contributed by atoms with E-state index in [4.69, 9.17) is 5.73 Å². The minimum absolute atomic E-state index is 0.0747. The van der Waals surface area contributed by atoms with Gasteiger partial charge in [0.2, 0.25) is 0 Å². The Morgan fingerprint density at radius 2 is 1.18 bits per heavy atom. The topological polar surface area (TPSA) is 26.0 Å². The number of benzene rings is 4. The van der Waals surface area contributed by atoms with Crippen LogP contribution in [0, 0.1) is 0 Å². The van der Waals surface area contributed by atoms with Crippen molar-refractivity contribution in [2.45, 2.75) is 19.3 Å². The molecule has 0 fully saturated rings. The summed E-state index contributed by atoms with van der Waals surface area (Å²) in [6.07, 6.45) is 0. The first kappa shape index (κ1) is 16.8. The number of nitrogens with two attached hydrogens (primary N) is 1. The molecular weight excluding hydrogens is 338 g/mol. The minimum atomic E-state index is -0.0747. The molecule has 0 saturated carbocycles. The Hall–Kier alpha value is -3.32. The van der Waals surface area contributed by atoms with Gasteiger partial charge in [-0.25, -0.2) is 0 Å². The van der Waals surface area contributed by atoms with Crippen LogP contribution in [0.5, 0.6) is 0 Å². The van der Waals surface area contributed by atoms with Gasteiger partial charge < -0.3 is 5.73 Å². The zero-order valence-corrected chi connectivity index (χ0v) is 16.2. The highest BCUT2D eigenvalue weighted by Crippen LogP contribution is 2.53. The molecule has 0 amide bonds. The second-order valence-electron chi connectivity index (χ2n) is 8.07. The van der Waals surface area contributed by atoms with E-state index in [2.05, 4.69) is 98.8 Å². The summed E-state index contributed by atoms with van der Waals surface area (Å²) in [7, 11) is 0. The molecule has 4 aromatic rings. The molecule has 136 valence electrons. The molecule has 0 spiro atoms. The molecule has 1 nitrogen and oxygen atoms in total. The van der Waals surface area contributed by atoms with Crippen molar-refractivity contribution in [3.63, 3.8) is 0 Å². The Kier molecular flexibility index (Phi) is 3.67. The van der Waals surface area contributed by atoms with Gasteiger partial charge in [-0.15, -0.1) is 0 Å². The summed E-state index contributed by atoms with van der Waals surface area (Å²) >= 11 is 0. The van der Waals surface area contributed by atoms with Crippen LogP contribution < -0.4 is 5.73 Å². The van der Waals surface area contributed by atoms with Crippen LogP contribution in [0.2, 0.25) is 0 Å². The summed E-state index contributed by atoms with van der Waals surface area (Å²) in [5.41, 5.74) is 17.4.